The third kappa shape index (κ3) is 5.08. The van der Waals surface area contributed by atoms with Crippen molar-refractivity contribution in [1.82, 2.24) is 10.8 Å². The third-order valence-corrected chi connectivity index (χ3v) is 5.80. The predicted octanol–water partition coefficient (Wildman–Crippen LogP) is 3.46. The second-order valence-corrected chi connectivity index (χ2v) is 7.90. The zero-order valence-electron chi connectivity index (χ0n) is 18.3. The molecule has 2 aromatic carbocycles. The third-order valence-electron chi connectivity index (χ3n) is 5.80. The number of ether oxygens (including phenoxy) is 1. The van der Waals surface area contributed by atoms with Crippen molar-refractivity contribution in [2.45, 2.75) is 45.3 Å². The zero-order chi connectivity index (χ0) is 23.3. The van der Waals surface area contributed by atoms with Crippen molar-refractivity contribution < 1.29 is 29.1 Å². The van der Waals surface area contributed by atoms with Crippen LogP contribution in [0.4, 0.5) is 4.79 Å². The summed E-state index contributed by atoms with van der Waals surface area (Å²) < 4.78 is 5.51. The molecule has 1 aliphatic rings. The van der Waals surface area contributed by atoms with E-state index in [4.69, 9.17) is 14.7 Å². The first-order valence-electron chi connectivity index (χ1n) is 10.6. The molecule has 2 aromatic rings. The SMILES string of the molecule is CCC(C)C(NC(=O)OCC1c2ccccc2-c2ccccc21)C(=O)NOC(C)C(=O)O. The highest BCUT2D eigenvalue weighted by molar-refractivity contribution is 5.85. The monoisotopic (exact) mass is 440 g/mol. The van der Waals surface area contributed by atoms with Crippen LogP contribution in [0, 0.1) is 5.92 Å². The second kappa shape index (κ2) is 10.3. The molecule has 0 aromatic heterocycles. The number of hydrogen-bond acceptors (Lipinski definition) is 5. The fraction of sp³-hybridized carbons (Fsp3) is 0.375. The van der Waals surface area contributed by atoms with Gasteiger partial charge in [0.15, 0.2) is 6.10 Å². The molecule has 0 aliphatic heterocycles. The zero-order valence-corrected chi connectivity index (χ0v) is 18.3. The van der Waals surface area contributed by atoms with Gasteiger partial charge in [0.05, 0.1) is 0 Å². The normalized spacial score (nSPS) is 15.1. The van der Waals surface area contributed by atoms with Crippen LogP contribution in [0.25, 0.3) is 11.1 Å². The minimum Gasteiger partial charge on any atom is -0.479 e. The molecule has 0 heterocycles. The van der Waals surface area contributed by atoms with Crippen LogP contribution in [0.3, 0.4) is 0 Å². The summed E-state index contributed by atoms with van der Waals surface area (Å²) >= 11 is 0. The molecule has 0 saturated carbocycles. The van der Waals surface area contributed by atoms with Gasteiger partial charge >= 0.3 is 12.1 Å². The van der Waals surface area contributed by atoms with Gasteiger partial charge in [-0.15, -0.1) is 0 Å². The quantitative estimate of drug-likeness (QED) is 0.515. The van der Waals surface area contributed by atoms with Gasteiger partial charge in [-0.05, 0) is 35.1 Å². The van der Waals surface area contributed by atoms with Crippen LogP contribution in [0.2, 0.25) is 0 Å². The van der Waals surface area contributed by atoms with Gasteiger partial charge in [-0.1, -0.05) is 68.8 Å². The number of fused-ring (bicyclic) bond motifs is 3. The molecule has 1 aliphatic carbocycles. The van der Waals surface area contributed by atoms with Crippen molar-refractivity contribution in [2.75, 3.05) is 6.61 Å². The van der Waals surface area contributed by atoms with E-state index >= 15 is 0 Å². The van der Waals surface area contributed by atoms with Crippen LogP contribution < -0.4 is 10.8 Å². The number of benzene rings is 2. The maximum absolute atomic E-state index is 12.6. The number of nitrogens with one attached hydrogen (secondary N) is 2. The Labute approximate surface area is 186 Å². The van der Waals surface area contributed by atoms with E-state index in [1.54, 1.807) is 6.92 Å². The fourth-order valence-corrected chi connectivity index (χ4v) is 3.73. The lowest BCUT2D eigenvalue weighted by molar-refractivity contribution is -0.159. The number of carbonyl (C=O) groups excluding carboxylic acids is 2. The number of carboxylic acids is 1. The molecule has 3 atom stereocenters. The molecule has 3 rings (SSSR count). The molecule has 0 spiro atoms. The lowest BCUT2D eigenvalue weighted by Gasteiger charge is -2.24. The molecule has 0 saturated heterocycles. The fourth-order valence-electron chi connectivity index (χ4n) is 3.73. The molecular weight excluding hydrogens is 412 g/mol. The minimum atomic E-state index is -1.22. The first kappa shape index (κ1) is 23.3. The number of hydrogen-bond donors (Lipinski definition) is 3. The maximum atomic E-state index is 12.6. The summed E-state index contributed by atoms with van der Waals surface area (Å²) in [5, 5.41) is 11.5. The van der Waals surface area contributed by atoms with E-state index in [-0.39, 0.29) is 18.4 Å². The van der Waals surface area contributed by atoms with Gasteiger partial charge in [0.1, 0.15) is 12.6 Å². The summed E-state index contributed by atoms with van der Waals surface area (Å²) in [4.78, 5) is 40.8. The van der Waals surface area contributed by atoms with Crippen LogP contribution in [-0.2, 0) is 19.2 Å². The van der Waals surface area contributed by atoms with E-state index in [9.17, 15) is 14.4 Å². The number of aliphatic carboxylic acids is 1. The highest BCUT2D eigenvalue weighted by Crippen LogP contribution is 2.44. The van der Waals surface area contributed by atoms with Crippen molar-refractivity contribution in [1.29, 1.82) is 0 Å². The van der Waals surface area contributed by atoms with Gasteiger partial charge in [-0.3, -0.25) is 9.63 Å². The molecule has 0 radical (unpaired) electrons. The maximum Gasteiger partial charge on any atom is 0.407 e. The molecule has 2 amide bonds. The van der Waals surface area contributed by atoms with Crippen molar-refractivity contribution in [3.63, 3.8) is 0 Å². The molecular formula is C24H28N2O6. The average molecular weight is 440 g/mol. The lowest BCUT2D eigenvalue weighted by Crippen LogP contribution is -2.51. The average Bonchev–Trinajstić information content (AvgIpc) is 3.12. The van der Waals surface area contributed by atoms with Gasteiger partial charge in [-0.2, -0.15) is 0 Å². The second-order valence-electron chi connectivity index (χ2n) is 7.90. The first-order chi connectivity index (χ1) is 15.3. The van der Waals surface area contributed by atoms with Gasteiger partial charge in [0.25, 0.3) is 5.91 Å². The Kier molecular flexibility index (Phi) is 7.48. The number of hydroxylamine groups is 1. The van der Waals surface area contributed by atoms with E-state index in [2.05, 4.69) is 22.9 Å². The van der Waals surface area contributed by atoms with Crippen LogP contribution >= 0.6 is 0 Å². The number of amides is 2. The lowest BCUT2D eigenvalue weighted by atomic mass is 9.98. The molecule has 0 bridgehead atoms. The Bertz CT molecular complexity index is 946. The summed E-state index contributed by atoms with van der Waals surface area (Å²) in [7, 11) is 0. The van der Waals surface area contributed by atoms with Crippen molar-refractivity contribution in [3.05, 3.63) is 59.7 Å². The van der Waals surface area contributed by atoms with Crippen LogP contribution in [0.5, 0.6) is 0 Å². The Morgan fingerprint density at radius 2 is 1.56 bits per heavy atom. The molecule has 8 nitrogen and oxygen atoms in total. The van der Waals surface area contributed by atoms with Crippen molar-refractivity contribution in [3.8, 4) is 11.1 Å². The van der Waals surface area contributed by atoms with Crippen LogP contribution in [-0.4, -0.2) is 41.8 Å². The molecule has 8 heteroatoms. The Morgan fingerprint density at radius 3 is 2.09 bits per heavy atom. The molecule has 3 N–H and O–H groups in total. The van der Waals surface area contributed by atoms with E-state index in [0.29, 0.717) is 6.42 Å². The number of rotatable bonds is 9. The van der Waals surface area contributed by atoms with Crippen LogP contribution in [0.15, 0.2) is 48.5 Å². The first-order valence-corrected chi connectivity index (χ1v) is 10.6. The topological polar surface area (TPSA) is 114 Å². The van der Waals surface area contributed by atoms with Crippen molar-refractivity contribution >= 4 is 18.0 Å². The highest BCUT2D eigenvalue weighted by Gasteiger charge is 2.31. The molecule has 0 fully saturated rings. The largest absolute Gasteiger partial charge is 0.479 e. The summed E-state index contributed by atoms with van der Waals surface area (Å²) in [6, 6.07) is 15.1. The van der Waals surface area contributed by atoms with Crippen LogP contribution in [0.1, 0.15) is 44.2 Å². The van der Waals surface area contributed by atoms with E-state index in [0.717, 1.165) is 22.3 Å². The highest BCUT2D eigenvalue weighted by atomic mass is 16.7. The predicted molar refractivity (Wildman–Crippen MR) is 118 cm³/mol. The van der Waals surface area contributed by atoms with E-state index in [1.165, 1.54) is 6.92 Å². The summed E-state index contributed by atoms with van der Waals surface area (Å²) in [5.41, 5.74) is 6.55. The summed E-state index contributed by atoms with van der Waals surface area (Å²) in [6.07, 6.45) is -1.33. The summed E-state index contributed by atoms with van der Waals surface area (Å²) in [5.74, 6) is -2.17. The van der Waals surface area contributed by atoms with Gasteiger partial charge in [0, 0.05) is 5.92 Å². The Hall–Kier alpha value is -3.39. The summed E-state index contributed by atoms with van der Waals surface area (Å²) in [6.45, 7) is 5.10. The molecule has 32 heavy (non-hydrogen) atoms. The van der Waals surface area contributed by atoms with Gasteiger partial charge < -0.3 is 15.2 Å². The Balaban J connectivity index is 1.64. The number of carbonyl (C=O) groups is 3. The Morgan fingerprint density at radius 1 is 1.00 bits per heavy atom. The molecule has 170 valence electrons. The van der Waals surface area contributed by atoms with E-state index < -0.39 is 30.1 Å². The molecule has 3 unspecified atom stereocenters. The minimum absolute atomic E-state index is 0.0937. The van der Waals surface area contributed by atoms with Crippen molar-refractivity contribution in [2.24, 2.45) is 5.92 Å². The number of carboxylic acid groups (broad SMARTS) is 1. The van der Waals surface area contributed by atoms with Gasteiger partial charge in [0.2, 0.25) is 0 Å². The van der Waals surface area contributed by atoms with E-state index in [1.807, 2.05) is 43.3 Å². The standard InChI is InChI=1S/C24H28N2O6/c1-4-14(2)21(22(27)26-32-15(3)23(28)29)25-24(30)31-13-20-18-11-7-5-9-16(18)17-10-6-8-12-19(17)20/h5-12,14-15,20-21H,4,13H2,1-3H3,(H,25,30)(H,26,27)(H,28,29). The number of alkyl carbamates (subject to hydrolysis) is 1. The smallest absolute Gasteiger partial charge is 0.407 e. The van der Waals surface area contributed by atoms with Gasteiger partial charge in [-0.25, -0.2) is 15.1 Å².